The molecule has 2 aromatic rings. The number of hydrogen-bond acceptors (Lipinski definition) is 1. The van der Waals surface area contributed by atoms with Crippen molar-refractivity contribution in [3.63, 3.8) is 0 Å². The molecule has 1 aliphatic rings. The SMILES string of the molecule is NCC1Cc2cc3c(Br)cccc3n2C1. The topological polar surface area (TPSA) is 30.9 Å². The molecule has 2 N–H and O–H groups in total. The van der Waals surface area contributed by atoms with E-state index in [9.17, 15) is 0 Å². The Morgan fingerprint density at radius 3 is 3.13 bits per heavy atom. The third-order valence-electron chi connectivity index (χ3n) is 3.25. The van der Waals surface area contributed by atoms with Crippen LogP contribution in [0.4, 0.5) is 0 Å². The Morgan fingerprint density at radius 1 is 1.47 bits per heavy atom. The molecular weight excluding hydrogens is 252 g/mol. The first-order chi connectivity index (χ1) is 7.29. The molecule has 0 amide bonds. The summed E-state index contributed by atoms with van der Waals surface area (Å²) in [6.45, 7) is 1.86. The van der Waals surface area contributed by atoms with E-state index in [1.165, 1.54) is 21.1 Å². The Morgan fingerprint density at radius 2 is 2.33 bits per heavy atom. The zero-order valence-corrected chi connectivity index (χ0v) is 10.00. The predicted octanol–water partition coefficient (Wildman–Crippen LogP) is 2.53. The number of aromatic nitrogens is 1. The summed E-state index contributed by atoms with van der Waals surface area (Å²) in [5.74, 6) is 0.628. The maximum atomic E-state index is 5.72. The fraction of sp³-hybridized carbons (Fsp3) is 0.333. The van der Waals surface area contributed by atoms with Crippen LogP contribution in [0.5, 0.6) is 0 Å². The largest absolute Gasteiger partial charge is 0.344 e. The summed E-state index contributed by atoms with van der Waals surface area (Å²) in [7, 11) is 0. The van der Waals surface area contributed by atoms with Crippen molar-refractivity contribution in [1.29, 1.82) is 0 Å². The van der Waals surface area contributed by atoms with E-state index in [0.29, 0.717) is 5.92 Å². The lowest BCUT2D eigenvalue weighted by atomic mass is 10.1. The molecule has 78 valence electrons. The fourth-order valence-corrected chi connectivity index (χ4v) is 2.93. The zero-order valence-electron chi connectivity index (χ0n) is 8.41. The molecule has 0 saturated carbocycles. The molecule has 0 saturated heterocycles. The Kier molecular flexibility index (Phi) is 2.11. The van der Waals surface area contributed by atoms with Crippen LogP contribution >= 0.6 is 15.9 Å². The molecule has 1 aromatic carbocycles. The van der Waals surface area contributed by atoms with Crippen molar-refractivity contribution in [2.45, 2.75) is 13.0 Å². The van der Waals surface area contributed by atoms with Gasteiger partial charge in [0.1, 0.15) is 0 Å². The number of nitrogens with zero attached hydrogens (tertiary/aromatic N) is 1. The molecule has 1 aliphatic heterocycles. The molecule has 2 nitrogen and oxygen atoms in total. The van der Waals surface area contributed by atoms with E-state index in [1.54, 1.807) is 0 Å². The predicted molar refractivity (Wildman–Crippen MR) is 65.9 cm³/mol. The van der Waals surface area contributed by atoms with Gasteiger partial charge in [0.2, 0.25) is 0 Å². The van der Waals surface area contributed by atoms with Crippen molar-refractivity contribution in [2.75, 3.05) is 6.54 Å². The Balaban J connectivity index is 2.19. The standard InChI is InChI=1S/C12H13BrN2/c13-11-2-1-3-12-10(11)5-9-4-8(6-14)7-15(9)12/h1-3,5,8H,4,6-7,14H2. The smallest absolute Gasteiger partial charge is 0.0494 e. The van der Waals surface area contributed by atoms with E-state index >= 15 is 0 Å². The van der Waals surface area contributed by atoms with Crippen molar-refractivity contribution < 1.29 is 0 Å². The molecule has 2 heterocycles. The summed E-state index contributed by atoms with van der Waals surface area (Å²) < 4.78 is 3.59. The highest BCUT2D eigenvalue weighted by atomic mass is 79.9. The van der Waals surface area contributed by atoms with Gasteiger partial charge in [0.05, 0.1) is 0 Å². The Hall–Kier alpha value is -0.800. The van der Waals surface area contributed by atoms with Crippen LogP contribution in [0, 0.1) is 5.92 Å². The monoisotopic (exact) mass is 264 g/mol. The molecule has 0 radical (unpaired) electrons. The molecule has 0 fully saturated rings. The van der Waals surface area contributed by atoms with Gasteiger partial charge < -0.3 is 10.3 Å². The zero-order chi connectivity index (χ0) is 10.4. The second-order valence-electron chi connectivity index (χ2n) is 4.22. The summed E-state index contributed by atoms with van der Waals surface area (Å²) in [5, 5.41) is 1.32. The minimum Gasteiger partial charge on any atom is -0.344 e. The van der Waals surface area contributed by atoms with Crippen LogP contribution < -0.4 is 5.73 Å². The van der Waals surface area contributed by atoms with Crippen molar-refractivity contribution in [2.24, 2.45) is 11.7 Å². The van der Waals surface area contributed by atoms with E-state index in [4.69, 9.17) is 5.73 Å². The van der Waals surface area contributed by atoms with Crippen molar-refractivity contribution in [3.8, 4) is 0 Å². The molecule has 1 unspecified atom stereocenters. The van der Waals surface area contributed by atoms with Crippen molar-refractivity contribution in [3.05, 3.63) is 34.4 Å². The second kappa shape index (κ2) is 3.35. The summed E-state index contributed by atoms with van der Waals surface area (Å²) in [6.07, 6.45) is 1.12. The van der Waals surface area contributed by atoms with Crippen LogP contribution in [-0.4, -0.2) is 11.1 Å². The maximum Gasteiger partial charge on any atom is 0.0494 e. The van der Waals surface area contributed by atoms with Crippen LogP contribution in [-0.2, 0) is 13.0 Å². The number of rotatable bonds is 1. The second-order valence-corrected chi connectivity index (χ2v) is 5.08. The molecule has 15 heavy (non-hydrogen) atoms. The first kappa shape index (κ1) is 9.43. The van der Waals surface area contributed by atoms with Gasteiger partial charge in [-0.25, -0.2) is 0 Å². The maximum absolute atomic E-state index is 5.72. The number of nitrogens with two attached hydrogens (primary N) is 1. The average Bonchev–Trinajstić information content (AvgIpc) is 2.76. The lowest BCUT2D eigenvalue weighted by molar-refractivity contribution is 0.530. The minimum absolute atomic E-state index is 0.628. The lowest BCUT2D eigenvalue weighted by Gasteiger charge is -2.05. The fourth-order valence-electron chi connectivity index (χ4n) is 2.46. The third kappa shape index (κ3) is 1.34. The van der Waals surface area contributed by atoms with Gasteiger partial charge in [0.25, 0.3) is 0 Å². The number of halogens is 1. The van der Waals surface area contributed by atoms with Gasteiger partial charge >= 0.3 is 0 Å². The van der Waals surface area contributed by atoms with Gasteiger partial charge in [-0.3, -0.25) is 0 Å². The van der Waals surface area contributed by atoms with E-state index in [2.05, 4.69) is 44.8 Å². The van der Waals surface area contributed by atoms with Gasteiger partial charge in [-0.1, -0.05) is 22.0 Å². The molecule has 3 rings (SSSR count). The Labute approximate surface area is 97.2 Å². The number of fused-ring (bicyclic) bond motifs is 3. The molecule has 0 bridgehead atoms. The molecule has 0 aliphatic carbocycles. The summed E-state index contributed by atoms with van der Waals surface area (Å²) in [4.78, 5) is 0. The quantitative estimate of drug-likeness (QED) is 0.844. The van der Waals surface area contributed by atoms with Crippen molar-refractivity contribution in [1.82, 2.24) is 4.57 Å². The average molecular weight is 265 g/mol. The van der Waals surface area contributed by atoms with Crippen molar-refractivity contribution >= 4 is 26.8 Å². The summed E-state index contributed by atoms with van der Waals surface area (Å²) in [6, 6.07) is 8.66. The highest BCUT2D eigenvalue weighted by Crippen LogP contribution is 2.32. The Bertz CT molecular complexity index is 516. The third-order valence-corrected chi connectivity index (χ3v) is 3.94. The summed E-state index contributed by atoms with van der Waals surface area (Å²) >= 11 is 3.59. The highest BCUT2D eigenvalue weighted by molar-refractivity contribution is 9.10. The van der Waals surface area contributed by atoms with Crippen LogP contribution in [0.2, 0.25) is 0 Å². The first-order valence-electron chi connectivity index (χ1n) is 5.26. The van der Waals surface area contributed by atoms with E-state index in [1.807, 2.05) is 0 Å². The normalized spacial score (nSPS) is 19.7. The molecular formula is C12H13BrN2. The molecule has 1 aromatic heterocycles. The molecule has 0 spiro atoms. The molecule has 1 atom stereocenters. The van der Waals surface area contributed by atoms with Gasteiger partial charge in [-0.05, 0) is 37.1 Å². The van der Waals surface area contributed by atoms with Gasteiger partial charge in [0.15, 0.2) is 0 Å². The van der Waals surface area contributed by atoms with Crippen LogP contribution in [0.15, 0.2) is 28.7 Å². The van der Waals surface area contributed by atoms with Crippen LogP contribution in [0.1, 0.15) is 5.69 Å². The van der Waals surface area contributed by atoms with E-state index < -0.39 is 0 Å². The van der Waals surface area contributed by atoms with Gasteiger partial charge in [-0.2, -0.15) is 0 Å². The van der Waals surface area contributed by atoms with E-state index in [0.717, 1.165) is 19.5 Å². The lowest BCUT2D eigenvalue weighted by Crippen LogP contribution is -2.15. The van der Waals surface area contributed by atoms with E-state index in [-0.39, 0.29) is 0 Å². The first-order valence-corrected chi connectivity index (χ1v) is 6.05. The summed E-state index contributed by atoms with van der Waals surface area (Å²) in [5.41, 5.74) is 8.48. The number of benzene rings is 1. The van der Waals surface area contributed by atoms with Gasteiger partial charge in [-0.15, -0.1) is 0 Å². The highest BCUT2D eigenvalue weighted by Gasteiger charge is 2.22. The van der Waals surface area contributed by atoms with Crippen LogP contribution in [0.3, 0.4) is 0 Å². The molecule has 3 heteroatoms. The van der Waals surface area contributed by atoms with Gasteiger partial charge in [0, 0.05) is 27.6 Å². The number of hydrogen-bond donors (Lipinski definition) is 1. The van der Waals surface area contributed by atoms with Crippen LogP contribution in [0.25, 0.3) is 10.9 Å². The minimum atomic E-state index is 0.628.